The number of sulfonamides is 1. The van der Waals surface area contributed by atoms with Crippen LogP contribution in [-0.2, 0) is 14.8 Å². The van der Waals surface area contributed by atoms with E-state index in [9.17, 15) is 13.2 Å². The minimum atomic E-state index is -3.47. The molecular weight excluding hydrogens is 206 g/mol. The van der Waals surface area contributed by atoms with E-state index in [0.717, 1.165) is 4.31 Å². The smallest absolute Gasteiger partial charge is 0.322 e. The van der Waals surface area contributed by atoms with Crippen LogP contribution < -0.4 is 0 Å². The van der Waals surface area contributed by atoms with Crippen LogP contribution in [0.2, 0.25) is 0 Å². The predicted molar refractivity (Wildman–Crippen MR) is 51.3 cm³/mol. The van der Waals surface area contributed by atoms with Gasteiger partial charge in [-0.15, -0.1) is 6.58 Å². The van der Waals surface area contributed by atoms with Crippen molar-refractivity contribution in [3.05, 3.63) is 12.7 Å². The van der Waals surface area contributed by atoms with Crippen LogP contribution in [0.3, 0.4) is 0 Å². The van der Waals surface area contributed by atoms with E-state index >= 15 is 0 Å². The minimum absolute atomic E-state index is 0.198. The average molecular weight is 219 g/mol. The second-order valence-electron chi connectivity index (χ2n) is 3.17. The summed E-state index contributed by atoms with van der Waals surface area (Å²) >= 11 is 0. The quantitative estimate of drug-likeness (QED) is 0.678. The Morgan fingerprint density at radius 3 is 2.79 bits per heavy atom. The van der Waals surface area contributed by atoms with Gasteiger partial charge in [-0.2, -0.15) is 4.31 Å². The fourth-order valence-corrected chi connectivity index (χ4v) is 3.04. The second-order valence-corrected chi connectivity index (χ2v) is 5.14. The Hall–Kier alpha value is -0.880. The fraction of sp³-hybridized carbons (Fsp3) is 0.625. The lowest BCUT2D eigenvalue weighted by Gasteiger charge is -2.19. The van der Waals surface area contributed by atoms with E-state index in [1.54, 1.807) is 0 Å². The zero-order valence-electron chi connectivity index (χ0n) is 7.72. The average Bonchev–Trinajstić information content (AvgIpc) is 2.51. The Kier molecular flexibility index (Phi) is 3.28. The molecule has 5 nitrogen and oxygen atoms in total. The van der Waals surface area contributed by atoms with Gasteiger partial charge in [-0.1, -0.05) is 6.08 Å². The first-order valence-corrected chi connectivity index (χ1v) is 5.93. The molecule has 0 radical (unpaired) electrons. The molecule has 0 aromatic carbocycles. The second kappa shape index (κ2) is 4.10. The van der Waals surface area contributed by atoms with E-state index in [1.807, 2.05) is 0 Å². The highest BCUT2D eigenvalue weighted by molar-refractivity contribution is 7.89. The van der Waals surface area contributed by atoms with Crippen LogP contribution >= 0.6 is 0 Å². The summed E-state index contributed by atoms with van der Waals surface area (Å²) in [5.41, 5.74) is 0. The Labute approximate surface area is 83.1 Å². The number of carboxylic acids is 1. The first kappa shape index (κ1) is 11.2. The number of rotatable bonds is 4. The van der Waals surface area contributed by atoms with Crippen LogP contribution in [0.15, 0.2) is 12.7 Å². The Balaban J connectivity index is 2.86. The van der Waals surface area contributed by atoms with Crippen molar-refractivity contribution < 1.29 is 18.3 Å². The number of hydrogen-bond donors (Lipinski definition) is 1. The van der Waals surface area contributed by atoms with Crippen molar-refractivity contribution in [1.82, 2.24) is 4.31 Å². The van der Waals surface area contributed by atoms with Crippen molar-refractivity contribution in [2.75, 3.05) is 12.3 Å². The van der Waals surface area contributed by atoms with Crippen molar-refractivity contribution in [3.63, 3.8) is 0 Å². The van der Waals surface area contributed by atoms with E-state index in [2.05, 4.69) is 6.58 Å². The molecule has 80 valence electrons. The molecule has 0 amide bonds. The Morgan fingerprint density at radius 1 is 1.64 bits per heavy atom. The lowest BCUT2D eigenvalue weighted by atomic mass is 10.2. The lowest BCUT2D eigenvalue weighted by Crippen LogP contribution is -2.41. The molecule has 0 spiro atoms. The largest absolute Gasteiger partial charge is 0.480 e. The van der Waals surface area contributed by atoms with Crippen molar-refractivity contribution >= 4 is 16.0 Å². The van der Waals surface area contributed by atoms with Crippen molar-refractivity contribution in [3.8, 4) is 0 Å². The van der Waals surface area contributed by atoms with E-state index in [0.29, 0.717) is 19.4 Å². The summed E-state index contributed by atoms with van der Waals surface area (Å²) in [6, 6.07) is -0.889. The molecule has 0 unspecified atom stereocenters. The summed E-state index contributed by atoms with van der Waals surface area (Å²) in [6.07, 6.45) is 2.27. The van der Waals surface area contributed by atoms with Crippen LogP contribution in [0.25, 0.3) is 0 Å². The summed E-state index contributed by atoms with van der Waals surface area (Å²) in [5.74, 6) is -1.27. The van der Waals surface area contributed by atoms with Gasteiger partial charge in [0.15, 0.2) is 0 Å². The number of carbonyl (C=O) groups is 1. The van der Waals surface area contributed by atoms with E-state index in [4.69, 9.17) is 5.11 Å². The third kappa shape index (κ3) is 2.13. The van der Waals surface area contributed by atoms with Gasteiger partial charge >= 0.3 is 5.97 Å². The highest BCUT2D eigenvalue weighted by atomic mass is 32.2. The highest BCUT2D eigenvalue weighted by Gasteiger charge is 2.37. The van der Waals surface area contributed by atoms with Crippen molar-refractivity contribution in [2.45, 2.75) is 18.9 Å². The van der Waals surface area contributed by atoms with Crippen molar-refractivity contribution in [1.29, 1.82) is 0 Å². The summed E-state index contributed by atoms with van der Waals surface area (Å²) in [6.45, 7) is 3.63. The van der Waals surface area contributed by atoms with Crippen molar-refractivity contribution in [2.24, 2.45) is 0 Å². The lowest BCUT2D eigenvalue weighted by molar-refractivity contribution is -0.140. The molecule has 0 aromatic rings. The number of nitrogens with zero attached hydrogens (tertiary/aromatic N) is 1. The van der Waals surface area contributed by atoms with Gasteiger partial charge in [0.1, 0.15) is 6.04 Å². The molecule has 1 aliphatic heterocycles. The Bertz CT molecular complexity index is 335. The zero-order valence-corrected chi connectivity index (χ0v) is 8.53. The zero-order chi connectivity index (χ0) is 10.8. The molecule has 6 heteroatoms. The normalized spacial score (nSPS) is 23.6. The monoisotopic (exact) mass is 219 g/mol. The fourth-order valence-electron chi connectivity index (χ4n) is 1.56. The van der Waals surface area contributed by atoms with Gasteiger partial charge in [-0.3, -0.25) is 4.79 Å². The SMILES string of the molecule is C=CCS(=O)(=O)N1CCC[C@@H]1C(=O)O. The highest BCUT2D eigenvalue weighted by Crippen LogP contribution is 2.21. The standard InChI is InChI=1S/C8H13NO4S/c1-2-6-14(12,13)9-5-3-4-7(9)8(10)11/h2,7H,1,3-6H2,(H,10,11)/t7-/m1/s1. The van der Waals surface area contributed by atoms with Crippen LogP contribution in [0, 0.1) is 0 Å². The molecule has 0 aliphatic carbocycles. The molecule has 1 saturated heterocycles. The van der Waals surface area contributed by atoms with Gasteiger partial charge in [0.2, 0.25) is 10.0 Å². The van der Waals surface area contributed by atoms with Gasteiger partial charge in [-0.25, -0.2) is 8.42 Å². The van der Waals surface area contributed by atoms with Gasteiger partial charge in [0.25, 0.3) is 0 Å². The summed E-state index contributed by atoms with van der Waals surface area (Å²) < 4.78 is 24.1. The summed E-state index contributed by atoms with van der Waals surface area (Å²) in [5, 5.41) is 8.78. The van der Waals surface area contributed by atoms with E-state index in [1.165, 1.54) is 6.08 Å². The third-order valence-corrected chi connectivity index (χ3v) is 3.98. The van der Waals surface area contributed by atoms with Gasteiger partial charge in [-0.05, 0) is 12.8 Å². The van der Waals surface area contributed by atoms with Crippen LogP contribution in [-0.4, -0.2) is 42.1 Å². The molecule has 14 heavy (non-hydrogen) atoms. The molecule has 0 saturated carbocycles. The van der Waals surface area contributed by atoms with Gasteiger partial charge in [0, 0.05) is 6.54 Å². The van der Waals surface area contributed by atoms with Gasteiger partial charge in [0.05, 0.1) is 5.75 Å². The number of carboxylic acid groups (broad SMARTS) is 1. The molecule has 1 heterocycles. The summed E-state index contributed by atoms with van der Waals surface area (Å²) in [7, 11) is -3.47. The first-order chi connectivity index (χ1) is 6.49. The van der Waals surface area contributed by atoms with E-state index < -0.39 is 22.0 Å². The van der Waals surface area contributed by atoms with Crippen LogP contribution in [0.1, 0.15) is 12.8 Å². The third-order valence-electron chi connectivity index (χ3n) is 2.17. The molecule has 1 rings (SSSR count). The molecule has 0 bridgehead atoms. The van der Waals surface area contributed by atoms with E-state index in [-0.39, 0.29) is 5.75 Å². The summed E-state index contributed by atoms with van der Waals surface area (Å²) in [4.78, 5) is 10.7. The number of hydrogen-bond acceptors (Lipinski definition) is 3. The molecule has 1 N–H and O–H groups in total. The molecule has 1 fully saturated rings. The predicted octanol–water partition coefficient (Wildman–Crippen LogP) is 0.0512. The van der Waals surface area contributed by atoms with Crippen LogP contribution in [0.4, 0.5) is 0 Å². The van der Waals surface area contributed by atoms with Crippen LogP contribution in [0.5, 0.6) is 0 Å². The molecule has 1 atom stereocenters. The van der Waals surface area contributed by atoms with Gasteiger partial charge < -0.3 is 5.11 Å². The maximum absolute atomic E-state index is 11.5. The topological polar surface area (TPSA) is 74.7 Å². The number of aliphatic carboxylic acids is 1. The molecular formula is C8H13NO4S. The first-order valence-electron chi connectivity index (χ1n) is 4.32. The molecule has 0 aromatic heterocycles. The molecule has 1 aliphatic rings. The maximum atomic E-state index is 11.5. The Morgan fingerprint density at radius 2 is 2.29 bits per heavy atom. The minimum Gasteiger partial charge on any atom is -0.480 e. The maximum Gasteiger partial charge on any atom is 0.322 e.